The number of hydrogen-bond acceptors (Lipinski definition) is 6. The molecule has 1 saturated heterocycles. The molecular formula is C15H27NO5. The van der Waals surface area contributed by atoms with Crippen LogP contribution in [-0.4, -0.2) is 55.9 Å². The molecule has 1 unspecified atom stereocenters. The lowest BCUT2D eigenvalue weighted by molar-refractivity contribution is -0.111. The van der Waals surface area contributed by atoms with E-state index in [1.165, 1.54) is 0 Å². The van der Waals surface area contributed by atoms with E-state index >= 15 is 0 Å². The number of nitroso groups, excluding NO2 is 1. The predicted molar refractivity (Wildman–Crippen MR) is 80.1 cm³/mol. The number of hydrogen-bond donors (Lipinski definition) is 1. The average molecular weight is 301 g/mol. The van der Waals surface area contributed by atoms with Crippen molar-refractivity contribution in [3.05, 3.63) is 17.6 Å². The molecule has 0 radical (unpaired) electrons. The molecule has 1 fully saturated rings. The van der Waals surface area contributed by atoms with Crippen LogP contribution in [0.15, 0.2) is 17.8 Å². The summed E-state index contributed by atoms with van der Waals surface area (Å²) in [6.07, 6.45) is 1.67. The SMILES string of the molecule is C=C[C@@H](CCOC1[C@@H](N=O)CCO[C@@H]1C)[C@H](OC)[C@@H](C)O. The molecule has 21 heavy (non-hydrogen) atoms. The van der Waals surface area contributed by atoms with Crippen LogP contribution in [0, 0.1) is 10.8 Å². The van der Waals surface area contributed by atoms with Crippen LogP contribution >= 0.6 is 0 Å². The molecule has 1 aliphatic rings. The average Bonchev–Trinajstić information content (AvgIpc) is 2.47. The van der Waals surface area contributed by atoms with Crippen LogP contribution in [0.1, 0.15) is 26.7 Å². The van der Waals surface area contributed by atoms with E-state index in [0.717, 1.165) is 0 Å². The van der Waals surface area contributed by atoms with Gasteiger partial charge in [-0.3, -0.25) is 0 Å². The van der Waals surface area contributed by atoms with Gasteiger partial charge in [-0.25, -0.2) is 0 Å². The molecule has 1 N–H and O–H groups in total. The molecule has 0 aliphatic carbocycles. The third-order valence-corrected chi connectivity index (χ3v) is 4.01. The maximum Gasteiger partial charge on any atom is 0.123 e. The van der Waals surface area contributed by atoms with Gasteiger partial charge in [-0.1, -0.05) is 11.3 Å². The van der Waals surface area contributed by atoms with Crippen molar-refractivity contribution in [2.24, 2.45) is 11.1 Å². The molecule has 0 aromatic rings. The lowest BCUT2D eigenvalue weighted by Gasteiger charge is -2.33. The standard InChI is InChI=1S/C15H27NO5/c1-5-12(14(19-4)10(2)17)6-8-21-15-11(3)20-9-7-13(15)16-18/h5,10-15,17H,1,6-9H2,2-4H3/t10-,11-,12+,13+,14-,15?/m1/s1. The molecule has 0 amide bonds. The first-order valence-electron chi connectivity index (χ1n) is 7.44. The predicted octanol–water partition coefficient (Wildman–Crippen LogP) is 1.90. The number of methoxy groups -OCH3 is 1. The smallest absolute Gasteiger partial charge is 0.123 e. The maximum atomic E-state index is 10.9. The van der Waals surface area contributed by atoms with E-state index in [4.69, 9.17) is 14.2 Å². The number of aliphatic hydroxyl groups is 1. The van der Waals surface area contributed by atoms with Crippen LogP contribution in [0.2, 0.25) is 0 Å². The molecule has 1 aliphatic heterocycles. The zero-order valence-electron chi connectivity index (χ0n) is 13.1. The second kappa shape index (κ2) is 9.25. The monoisotopic (exact) mass is 301 g/mol. The van der Waals surface area contributed by atoms with Crippen LogP contribution in [-0.2, 0) is 14.2 Å². The Morgan fingerprint density at radius 1 is 1.57 bits per heavy atom. The lowest BCUT2D eigenvalue weighted by atomic mass is 9.95. The van der Waals surface area contributed by atoms with Gasteiger partial charge in [-0.05, 0) is 26.7 Å². The van der Waals surface area contributed by atoms with Crippen molar-refractivity contribution in [3.8, 4) is 0 Å². The third-order valence-electron chi connectivity index (χ3n) is 4.01. The number of rotatable bonds is 9. The molecule has 0 aromatic heterocycles. The Hall–Kier alpha value is -0.820. The summed E-state index contributed by atoms with van der Waals surface area (Å²) in [5, 5.41) is 12.8. The largest absolute Gasteiger partial charge is 0.391 e. The van der Waals surface area contributed by atoms with E-state index in [1.54, 1.807) is 20.1 Å². The van der Waals surface area contributed by atoms with Crippen LogP contribution in [0.5, 0.6) is 0 Å². The highest BCUT2D eigenvalue weighted by Crippen LogP contribution is 2.22. The van der Waals surface area contributed by atoms with Gasteiger partial charge in [0.25, 0.3) is 0 Å². The summed E-state index contributed by atoms with van der Waals surface area (Å²) in [6.45, 7) is 8.34. The normalized spacial score (nSPS) is 30.4. The minimum absolute atomic E-state index is 0.0162. The van der Waals surface area contributed by atoms with E-state index in [2.05, 4.69) is 11.8 Å². The molecule has 6 atom stereocenters. The van der Waals surface area contributed by atoms with E-state index in [0.29, 0.717) is 26.1 Å². The van der Waals surface area contributed by atoms with E-state index in [1.807, 2.05) is 6.92 Å². The summed E-state index contributed by atoms with van der Waals surface area (Å²) in [4.78, 5) is 10.9. The molecule has 0 spiro atoms. The van der Waals surface area contributed by atoms with Crippen LogP contribution < -0.4 is 0 Å². The summed E-state index contributed by atoms with van der Waals surface area (Å²) < 4.78 is 16.6. The lowest BCUT2D eigenvalue weighted by Crippen LogP contribution is -2.44. The first-order chi connectivity index (χ1) is 10.0. The summed E-state index contributed by atoms with van der Waals surface area (Å²) in [5.41, 5.74) is 0. The van der Waals surface area contributed by atoms with Gasteiger partial charge in [0.2, 0.25) is 0 Å². The van der Waals surface area contributed by atoms with Gasteiger partial charge < -0.3 is 19.3 Å². The zero-order chi connectivity index (χ0) is 15.8. The van der Waals surface area contributed by atoms with Gasteiger partial charge in [0.1, 0.15) is 12.1 Å². The summed E-state index contributed by atoms with van der Waals surface area (Å²) in [6, 6.07) is -0.356. The van der Waals surface area contributed by atoms with Crippen molar-refractivity contribution in [1.82, 2.24) is 0 Å². The first kappa shape index (κ1) is 18.2. The molecule has 1 heterocycles. The van der Waals surface area contributed by atoms with Crippen LogP contribution in [0.3, 0.4) is 0 Å². The third kappa shape index (κ3) is 5.14. The van der Waals surface area contributed by atoms with Crippen molar-refractivity contribution in [3.63, 3.8) is 0 Å². The molecule has 0 bridgehead atoms. The summed E-state index contributed by atoms with van der Waals surface area (Å²) in [5.74, 6) is -0.0162. The number of nitrogens with zero attached hydrogens (tertiary/aromatic N) is 1. The van der Waals surface area contributed by atoms with Crippen molar-refractivity contribution in [2.45, 2.75) is 57.1 Å². The topological polar surface area (TPSA) is 77.4 Å². The fourth-order valence-electron chi connectivity index (χ4n) is 2.79. The van der Waals surface area contributed by atoms with Gasteiger partial charge in [0.15, 0.2) is 0 Å². The van der Waals surface area contributed by atoms with Crippen molar-refractivity contribution in [1.29, 1.82) is 0 Å². The van der Waals surface area contributed by atoms with E-state index in [9.17, 15) is 10.0 Å². The Balaban J connectivity index is 2.49. The van der Waals surface area contributed by atoms with Crippen LogP contribution in [0.4, 0.5) is 0 Å². The fraction of sp³-hybridized carbons (Fsp3) is 0.867. The zero-order valence-corrected chi connectivity index (χ0v) is 13.1. The summed E-state index contributed by atoms with van der Waals surface area (Å²) in [7, 11) is 1.57. The highest BCUT2D eigenvalue weighted by atomic mass is 16.5. The van der Waals surface area contributed by atoms with Gasteiger partial charge >= 0.3 is 0 Å². The molecule has 0 aromatic carbocycles. The Bertz CT molecular complexity index is 323. The first-order valence-corrected chi connectivity index (χ1v) is 7.44. The van der Waals surface area contributed by atoms with Gasteiger partial charge in [0, 0.05) is 26.2 Å². The van der Waals surface area contributed by atoms with Gasteiger partial charge in [-0.15, -0.1) is 6.58 Å². The fourth-order valence-corrected chi connectivity index (χ4v) is 2.79. The minimum Gasteiger partial charge on any atom is -0.391 e. The Morgan fingerprint density at radius 2 is 2.29 bits per heavy atom. The van der Waals surface area contributed by atoms with E-state index in [-0.39, 0.29) is 30.3 Å². The van der Waals surface area contributed by atoms with Gasteiger partial charge in [0.05, 0.1) is 18.3 Å². The van der Waals surface area contributed by atoms with E-state index < -0.39 is 6.10 Å². The Morgan fingerprint density at radius 3 is 2.81 bits per heavy atom. The van der Waals surface area contributed by atoms with Crippen molar-refractivity contribution in [2.75, 3.05) is 20.3 Å². The summed E-state index contributed by atoms with van der Waals surface area (Å²) >= 11 is 0. The highest BCUT2D eigenvalue weighted by molar-refractivity contribution is 4.89. The van der Waals surface area contributed by atoms with Crippen molar-refractivity contribution < 1.29 is 19.3 Å². The molecular weight excluding hydrogens is 274 g/mol. The Labute approximate surface area is 126 Å². The number of ether oxygens (including phenoxy) is 3. The molecule has 122 valence electrons. The Kier molecular flexibility index (Phi) is 8.03. The second-order valence-electron chi connectivity index (χ2n) is 5.50. The van der Waals surface area contributed by atoms with Crippen molar-refractivity contribution >= 4 is 0 Å². The van der Waals surface area contributed by atoms with Crippen LogP contribution in [0.25, 0.3) is 0 Å². The second-order valence-corrected chi connectivity index (χ2v) is 5.50. The highest BCUT2D eigenvalue weighted by Gasteiger charge is 2.33. The minimum atomic E-state index is -0.584. The molecule has 6 heteroatoms. The number of aliphatic hydroxyl groups excluding tert-OH is 1. The quantitative estimate of drug-likeness (QED) is 0.520. The maximum absolute atomic E-state index is 10.9. The molecule has 0 saturated carbocycles. The van der Waals surface area contributed by atoms with Gasteiger partial charge in [-0.2, -0.15) is 4.91 Å². The molecule has 6 nitrogen and oxygen atoms in total. The molecule has 1 rings (SSSR count).